The number of aliphatic hydroxyl groups excluding tert-OH is 1. The number of methoxy groups -OCH3 is 1. The molecule has 1 saturated carbocycles. The van der Waals surface area contributed by atoms with Crippen LogP contribution in [0.4, 0.5) is 16.2 Å². The van der Waals surface area contributed by atoms with E-state index in [0.717, 1.165) is 82.6 Å². The standard InChI is InChI=1S/C50H68N8O8/c1-6-57-44-17-16-36(56-23-24-65-38(30-56)27-43(47(60)58-18-10-13-42(53-58)48(61)62)52-49(63)66-31-34-11-8-7-9-12-34)25-39(44)41(28-50(3,4)32-59)46(57)40-26-37(29-51-45(40)33(2)64-5)55-21-19-54(20-22-55)35-14-15-35/h7-9,11-12,16-17,25-26,29,33,35,38,42-43,53,59H,6,10,13-15,18-24,27-28,30-32H2,1-5H3,(H,52,63)(H,61,62)/t33?,38-,42-,43?/m0/s1. The van der Waals surface area contributed by atoms with E-state index in [0.29, 0.717) is 52.0 Å². The second-order valence-corrected chi connectivity index (χ2v) is 19.1. The van der Waals surface area contributed by atoms with Crippen LogP contribution < -0.4 is 20.5 Å². The summed E-state index contributed by atoms with van der Waals surface area (Å²) in [4.78, 5) is 51.7. The molecule has 3 aliphatic heterocycles. The number of rotatable bonds is 17. The number of hydrazine groups is 1. The molecule has 16 nitrogen and oxygen atoms in total. The first-order valence-corrected chi connectivity index (χ1v) is 23.8. The minimum absolute atomic E-state index is 0.0125. The summed E-state index contributed by atoms with van der Waals surface area (Å²) in [5.74, 6) is -1.50. The van der Waals surface area contributed by atoms with Crippen LogP contribution in [0.3, 0.4) is 0 Å². The van der Waals surface area contributed by atoms with Crippen molar-refractivity contribution in [2.75, 3.05) is 75.9 Å². The molecular weight excluding hydrogens is 841 g/mol. The van der Waals surface area contributed by atoms with Crippen LogP contribution >= 0.6 is 0 Å². The molecule has 66 heavy (non-hydrogen) atoms. The SMILES string of the molecule is CCn1c(-c2cc(N3CCN(C4CC4)CC3)cnc2C(C)OC)c(CC(C)(C)CO)c2cc(N3CCO[C@@H](CC(NC(=O)OCc4ccccc4)C(=O)N4CCC[C@@H](C(=O)O)N4)C3)ccc21. The number of morpholine rings is 1. The first kappa shape index (κ1) is 47.2. The Labute approximate surface area is 388 Å². The predicted octanol–water partition coefficient (Wildman–Crippen LogP) is 5.75. The molecule has 8 rings (SSSR count). The summed E-state index contributed by atoms with van der Waals surface area (Å²) in [6.45, 7) is 14.9. The maximum Gasteiger partial charge on any atom is 0.408 e. The number of ether oxygens (including phenoxy) is 3. The highest BCUT2D eigenvalue weighted by atomic mass is 16.5. The number of alkyl carbamates (subject to hydrolysis) is 1. The number of aryl methyl sites for hydroxylation is 1. The van der Waals surface area contributed by atoms with Crippen LogP contribution in [0.1, 0.15) is 82.7 Å². The Kier molecular flexibility index (Phi) is 14.8. The van der Waals surface area contributed by atoms with Gasteiger partial charge in [-0.1, -0.05) is 44.2 Å². The average molecular weight is 909 g/mol. The molecule has 16 heteroatoms. The molecule has 2 aromatic heterocycles. The highest BCUT2D eigenvalue weighted by molar-refractivity contribution is 5.95. The van der Waals surface area contributed by atoms with Gasteiger partial charge in [0.15, 0.2) is 0 Å². The normalized spacial score (nSPS) is 20.6. The van der Waals surface area contributed by atoms with E-state index in [2.05, 4.69) is 75.0 Å². The summed E-state index contributed by atoms with van der Waals surface area (Å²) < 4.78 is 20.2. The molecule has 4 aromatic rings. The number of carbonyl (C=O) groups excluding carboxylic acids is 2. The summed E-state index contributed by atoms with van der Waals surface area (Å²) >= 11 is 0. The van der Waals surface area contributed by atoms with E-state index in [9.17, 15) is 24.6 Å². The highest BCUT2D eigenvalue weighted by Gasteiger charge is 2.37. The van der Waals surface area contributed by atoms with E-state index >= 15 is 0 Å². The lowest BCUT2D eigenvalue weighted by Gasteiger charge is -2.38. The van der Waals surface area contributed by atoms with Gasteiger partial charge in [0.25, 0.3) is 5.91 Å². The van der Waals surface area contributed by atoms with Crippen molar-refractivity contribution in [1.29, 1.82) is 0 Å². The number of nitrogens with zero attached hydrogens (tertiary/aromatic N) is 6. The van der Waals surface area contributed by atoms with Crippen LogP contribution in [0.15, 0.2) is 60.8 Å². The Morgan fingerprint density at radius 1 is 0.985 bits per heavy atom. The first-order chi connectivity index (χ1) is 31.9. The molecule has 1 aliphatic carbocycles. The van der Waals surface area contributed by atoms with E-state index in [1.807, 2.05) is 43.5 Å². The van der Waals surface area contributed by atoms with Crippen LogP contribution in [-0.2, 0) is 43.4 Å². The van der Waals surface area contributed by atoms with Crippen LogP contribution in [0.5, 0.6) is 0 Å². The molecule has 0 radical (unpaired) electrons. The van der Waals surface area contributed by atoms with Crippen molar-refractivity contribution in [3.63, 3.8) is 0 Å². The van der Waals surface area contributed by atoms with E-state index < -0.39 is 41.6 Å². The van der Waals surface area contributed by atoms with Gasteiger partial charge in [-0.15, -0.1) is 0 Å². The molecule has 0 bridgehead atoms. The Bertz CT molecular complexity index is 2330. The Morgan fingerprint density at radius 2 is 1.76 bits per heavy atom. The third-order valence-electron chi connectivity index (χ3n) is 13.7. The van der Waals surface area contributed by atoms with Gasteiger partial charge in [-0.05, 0) is 86.8 Å². The average Bonchev–Trinajstić information content (AvgIpc) is 4.16. The Hall–Kier alpha value is -5.26. The molecule has 2 aromatic carbocycles. The third kappa shape index (κ3) is 10.8. The number of benzene rings is 2. The van der Waals surface area contributed by atoms with Crippen molar-refractivity contribution in [2.24, 2.45) is 5.41 Å². The predicted molar refractivity (Wildman–Crippen MR) is 253 cm³/mol. The zero-order chi connectivity index (χ0) is 46.5. The number of hydrogen-bond donors (Lipinski definition) is 4. The lowest BCUT2D eigenvalue weighted by atomic mass is 9.84. The minimum Gasteiger partial charge on any atom is -0.480 e. The smallest absolute Gasteiger partial charge is 0.408 e. The lowest BCUT2D eigenvalue weighted by Crippen LogP contribution is -2.60. The molecule has 356 valence electrons. The van der Waals surface area contributed by atoms with Gasteiger partial charge in [0, 0.05) is 101 Å². The number of pyridine rings is 1. The number of hydrogen-bond acceptors (Lipinski definition) is 12. The second kappa shape index (κ2) is 20.7. The Morgan fingerprint density at radius 3 is 2.45 bits per heavy atom. The van der Waals surface area contributed by atoms with Crippen LogP contribution in [0.2, 0.25) is 0 Å². The van der Waals surface area contributed by atoms with E-state index in [1.54, 1.807) is 7.11 Å². The fraction of sp³-hybridized carbons (Fsp3) is 0.560. The van der Waals surface area contributed by atoms with Gasteiger partial charge in [-0.2, -0.15) is 0 Å². The number of aliphatic hydroxyl groups is 1. The van der Waals surface area contributed by atoms with E-state index in [-0.39, 0.29) is 25.7 Å². The molecule has 3 saturated heterocycles. The van der Waals surface area contributed by atoms with Gasteiger partial charge in [0.05, 0.1) is 42.1 Å². The summed E-state index contributed by atoms with van der Waals surface area (Å²) in [6.07, 6.45) is 4.78. The van der Waals surface area contributed by atoms with Crippen molar-refractivity contribution in [2.45, 2.75) is 110 Å². The molecule has 5 heterocycles. The number of carboxylic acids is 1. The number of piperazine rings is 1. The zero-order valence-corrected chi connectivity index (χ0v) is 39.2. The first-order valence-electron chi connectivity index (χ1n) is 23.8. The number of anilines is 2. The fourth-order valence-electron chi connectivity index (χ4n) is 9.81. The van der Waals surface area contributed by atoms with E-state index in [1.165, 1.54) is 17.9 Å². The molecule has 4 fully saturated rings. The number of amides is 2. The molecular formula is C50H68N8O8. The Balaban J connectivity index is 1.10. The minimum atomic E-state index is -1.05. The summed E-state index contributed by atoms with van der Waals surface area (Å²) in [6, 6.07) is 16.9. The van der Waals surface area contributed by atoms with Gasteiger partial charge < -0.3 is 44.1 Å². The van der Waals surface area contributed by atoms with Gasteiger partial charge >= 0.3 is 12.1 Å². The molecule has 0 spiro atoms. The molecule has 4 aliphatic rings. The molecule has 2 amide bonds. The van der Waals surface area contributed by atoms with Gasteiger partial charge in [-0.3, -0.25) is 24.5 Å². The van der Waals surface area contributed by atoms with Crippen molar-refractivity contribution < 1.29 is 38.8 Å². The number of aromatic nitrogens is 2. The number of nitrogens with one attached hydrogen (secondary N) is 2. The summed E-state index contributed by atoms with van der Waals surface area (Å²) in [7, 11) is 1.72. The molecule has 4 atom stereocenters. The van der Waals surface area contributed by atoms with Gasteiger partial charge in [-0.25, -0.2) is 10.2 Å². The quantitative estimate of drug-likeness (QED) is 0.101. The monoisotopic (exact) mass is 909 g/mol. The molecule has 4 N–H and O–H groups in total. The topological polar surface area (TPSA) is 174 Å². The summed E-state index contributed by atoms with van der Waals surface area (Å²) in [5.41, 5.74) is 10.5. The van der Waals surface area contributed by atoms with Crippen molar-refractivity contribution in [1.82, 2.24) is 30.2 Å². The zero-order valence-electron chi connectivity index (χ0n) is 39.2. The fourth-order valence-corrected chi connectivity index (χ4v) is 9.81. The van der Waals surface area contributed by atoms with E-state index in [4.69, 9.17) is 19.2 Å². The van der Waals surface area contributed by atoms with Crippen LogP contribution in [0.25, 0.3) is 22.2 Å². The number of carbonyl (C=O) groups is 3. The number of aliphatic carboxylic acids is 1. The van der Waals surface area contributed by atoms with Crippen molar-refractivity contribution in [3.05, 3.63) is 77.6 Å². The maximum atomic E-state index is 14.1. The highest BCUT2D eigenvalue weighted by Crippen LogP contribution is 2.43. The summed E-state index contributed by atoms with van der Waals surface area (Å²) in [5, 5.41) is 25.6. The second-order valence-electron chi connectivity index (χ2n) is 19.1. The van der Waals surface area contributed by atoms with Crippen molar-refractivity contribution >= 4 is 40.2 Å². The molecule has 2 unspecified atom stereocenters. The maximum absolute atomic E-state index is 14.1. The lowest BCUT2D eigenvalue weighted by molar-refractivity contribution is -0.148. The third-order valence-corrected chi connectivity index (χ3v) is 13.7. The van der Waals surface area contributed by atoms with Crippen molar-refractivity contribution in [3.8, 4) is 11.3 Å². The van der Waals surface area contributed by atoms with Crippen LogP contribution in [0, 0.1) is 5.41 Å². The number of carboxylic acid groups (broad SMARTS) is 1. The van der Waals surface area contributed by atoms with Crippen LogP contribution in [-0.4, -0.2) is 138 Å². The van der Waals surface area contributed by atoms with Gasteiger partial charge in [0.2, 0.25) is 0 Å². The number of fused-ring (bicyclic) bond motifs is 1. The van der Waals surface area contributed by atoms with Gasteiger partial charge in [0.1, 0.15) is 18.7 Å². The largest absolute Gasteiger partial charge is 0.480 e.